The number of hydrogen-bond donors (Lipinski definition) is 1. The van der Waals surface area contributed by atoms with Gasteiger partial charge in [-0.05, 0) is 63.4 Å². The molecule has 7 nitrogen and oxygen atoms in total. The maximum absolute atomic E-state index is 14.1. The third-order valence-corrected chi connectivity index (χ3v) is 8.92. The lowest BCUT2D eigenvalue weighted by molar-refractivity contribution is -0.140. The Morgan fingerprint density at radius 2 is 1.57 bits per heavy atom. The second kappa shape index (κ2) is 13.8. The summed E-state index contributed by atoms with van der Waals surface area (Å²) >= 11 is 6.47. The molecule has 0 fully saturated rings. The number of anilines is 1. The van der Waals surface area contributed by atoms with Crippen LogP contribution in [0.2, 0.25) is 5.02 Å². The summed E-state index contributed by atoms with van der Waals surface area (Å²) in [5, 5.41) is 3.18. The average Bonchev–Trinajstić information content (AvgIpc) is 2.92. The predicted octanol–water partition coefficient (Wildman–Crippen LogP) is 5.87. The van der Waals surface area contributed by atoms with E-state index in [4.69, 9.17) is 11.6 Å². The van der Waals surface area contributed by atoms with Crippen molar-refractivity contribution >= 4 is 39.1 Å². The van der Waals surface area contributed by atoms with E-state index in [1.807, 2.05) is 58.9 Å². The van der Waals surface area contributed by atoms with Crippen molar-refractivity contribution < 1.29 is 18.0 Å². The molecule has 1 N–H and O–H groups in total. The maximum Gasteiger partial charge on any atom is 0.264 e. The van der Waals surface area contributed by atoms with Crippen LogP contribution in [0.15, 0.2) is 77.7 Å². The van der Waals surface area contributed by atoms with Crippen LogP contribution >= 0.6 is 11.6 Å². The van der Waals surface area contributed by atoms with E-state index in [0.717, 1.165) is 27.4 Å². The molecule has 0 heterocycles. The van der Waals surface area contributed by atoms with Gasteiger partial charge in [-0.2, -0.15) is 0 Å². The Morgan fingerprint density at radius 1 is 0.900 bits per heavy atom. The number of amides is 2. The Kier molecular flexibility index (Phi) is 10.8. The summed E-state index contributed by atoms with van der Waals surface area (Å²) in [6.07, 6.45) is 1.10. The second-order valence-electron chi connectivity index (χ2n) is 10.0. The van der Waals surface area contributed by atoms with Gasteiger partial charge in [0, 0.05) is 12.6 Å². The highest BCUT2D eigenvalue weighted by Gasteiger charge is 2.34. The van der Waals surface area contributed by atoms with Crippen molar-refractivity contribution in [2.24, 2.45) is 0 Å². The minimum Gasteiger partial charge on any atom is -0.352 e. The van der Waals surface area contributed by atoms with E-state index >= 15 is 0 Å². The molecule has 3 aromatic carbocycles. The molecule has 3 rings (SSSR count). The van der Waals surface area contributed by atoms with Crippen LogP contribution in [0, 0.1) is 13.8 Å². The van der Waals surface area contributed by atoms with Crippen molar-refractivity contribution in [3.05, 3.63) is 94.5 Å². The van der Waals surface area contributed by atoms with E-state index < -0.39 is 28.5 Å². The Balaban J connectivity index is 2.07. The molecule has 0 radical (unpaired) electrons. The SMILES string of the molecule is CC[C@@H](C)NC(=O)[C@H](CC)N(Cc1cccc(C)c1)C(=O)CN(c1ccccc1Cl)S(=O)(=O)c1ccc(C)cc1. The molecule has 0 spiro atoms. The van der Waals surface area contributed by atoms with Crippen molar-refractivity contribution in [2.75, 3.05) is 10.8 Å². The zero-order chi connectivity index (χ0) is 29.4. The molecule has 2 amide bonds. The third kappa shape index (κ3) is 7.64. The number of benzene rings is 3. The number of carbonyl (C=O) groups is 2. The summed E-state index contributed by atoms with van der Waals surface area (Å²) < 4.78 is 28.9. The van der Waals surface area contributed by atoms with Gasteiger partial charge in [-0.25, -0.2) is 8.42 Å². The van der Waals surface area contributed by atoms with Crippen molar-refractivity contribution in [1.29, 1.82) is 0 Å². The number of nitrogens with one attached hydrogen (secondary N) is 1. The first kappa shape index (κ1) is 31.2. The number of sulfonamides is 1. The van der Waals surface area contributed by atoms with Crippen LogP contribution in [0.25, 0.3) is 0 Å². The molecule has 40 heavy (non-hydrogen) atoms. The quantitative estimate of drug-likeness (QED) is 0.289. The number of halogens is 1. The maximum atomic E-state index is 14.1. The number of hydrogen-bond acceptors (Lipinski definition) is 4. The van der Waals surface area contributed by atoms with Gasteiger partial charge in [0.05, 0.1) is 15.6 Å². The molecule has 0 saturated carbocycles. The zero-order valence-electron chi connectivity index (χ0n) is 23.7. The summed E-state index contributed by atoms with van der Waals surface area (Å²) in [5.41, 5.74) is 2.95. The van der Waals surface area contributed by atoms with E-state index in [2.05, 4.69) is 5.32 Å². The third-order valence-electron chi connectivity index (χ3n) is 6.83. The number of carbonyl (C=O) groups excluding carboxylic acids is 2. The van der Waals surface area contributed by atoms with E-state index in [0.29, 0.717) is 6.42 Å². The highest BCUT2D eigenvalue weighted by Crippen LogP contribution is 2.31. The van der Waals surface area contributed by atoms with Crippen LogP contribution < -0.4 is 9.62 Å². The lowest BCUT2D eigenvalue weighted by atomic mass is 10.1. The molecule has 0 bridgehead atoms. The molecule has 0 saturated heterocycles. The fourth-order valence-corrected chi connectivity index (χ4v) is 6.09. The second-order valence-corrected chi connectivity index (χ2v) is 12.3. The first-order valence-corrected chi connectivity index (χ1v) is 15.3. The summed E-state index contributed by atoms with van der Waals surface area (Å²) in [5.74, 6) is -0.785. The van der Waals surface area contributed by atoms with Gasteiger partial charge in [0.2, 0.25) is 11.8 Å². The van der Waals surface area contributed by atoms with Gasteiger partial charge in [-0.15, -0.1) is 0 Å². The highest BCUT2D eigenvalue weighted by molar-refractivity contribution is 7.92. The van der Waals surface area contributed by atoms with Crippen molar-refractivity contribution in [1.82, 2.24) is 10.2 Å². The van der Waals surface area contributed by atoms with Crippen LogP contribution in [0.3, 0.4) is 0 Å². The monoisotopic (exact) mass is 583 g/mol. The van der Waals surface area contributed by atoms with Crippen molar-refractivity contribution in [2.45, 2.75) is 71.0 Å². The molecule has 0 aliphatic heterocycles. The predicted molar refractivity (Wildman–Crippen MR) is 161 cm³/mol. The van der Waals surface area contributed by atoms with Gasteiger partial charge in [-0.3, -0.25) is 13.9 Å². The smallest absolute Gasteiger partial charge is 0.264 e. The Labute approximate surface area is 243 Å². The Hall–Kier alpha value is -3.36. The number of nitrogens with zero attached hydrogens (tertiary/aromatic N) is 2. The van der Waals surface area contributed by atoms with E-state index in [1.54, 1.807) is 36.4 Å². The Morgan fingerprint density at radius 3 is 2.17 bits per heavy atom. The van der Waals surface area contributed by atoms with Gasteiger partial charge in [0.1, 0.15) is 12.6 Å². The molecule has 0 aliphatic carbocycles. The fourth-order valence-electron chi connectivity index (χ4n) is 4.37. The van der Waals surface area contributed by atoms with Crippen LogP contribution in [0.4, 0.5) is 5.69 Å². The highest BCUT2D eigenvalue weighted by atomic mass is 35.5. The van der Waals surface area contributed by atoms with Crippen LogP contribution in [-0.4, -0.2) is 43.8 Å². The molecular weight excluding hydrogens is 546 g/mol. The van der Waals surface area contributed by atoms with Crippen molar-refractivity contribution in [3.63, 3.8) is 0 Å². The topological polar surface area (TPSA) is 86.8 Å². The zero-order valence-corrected chi connectivity index (χ0v) is 25.3. The molecule has 3 aromatic rings. The van der Waals surface area contributed by atoms with Gasteiger partial charge >= 0.3 is 0 Å². The molecule has 214 valence electrons. The fraction of sp³-hybridized carbons (Fsp3) is 0.355. The first-order valence-electron chi connectivity index (χ1n) is 13.5. The normalized spacial score (nSPS) is 12.8. The van der Waals surface area contributed by atoms with Crippen LogP contribution in [0.1, 0.15) is 50.3 Å². The average molecular weight is 584 g/mol. The van der Waals surface area contributed by atoms with E-state index in [9.17, 15) is 18.0 Å². The van der Waals surface area contributed by atoms with Gasteiger partial charge in [0.25, 0.3) is 10.0 Å². The molecule has 0 unspecified atom stereocenters. The molecule has 0 aliphatic rings. The van der Waals surface area contributed by atoms with Crippen LogP contribution in [0.5, 0.6) is 0 Å². The lowest BCUT2D eigenvalue weighted by Crippen LogP contribution is -2.53. The van der Waals surface area contributed by atoms with Gasteiger partial charge in [-0.1, -0.05) is 85.1 Å². The largest absolute Gasteiger partial charge is 0.352 e. The van der Waals surface area contributed by atoms with Crippen molar-refractivity contribution in [3.8, 4) is 0 Å². The van der Waals surface area contributed by atoms with E-state index in [1.165, 1.54) is 17.0 Å². The van der Waals surface area contributed by atoms with Gasteiger partial charge in [0.15, 0.2) is 0 Å². The number of aryl methyl sites for hydroxylation is 2. The standard InChI is InChI=1S/C31H38ClN3O4S/c1-6-24(5)33-31(37)28(7-2)34(20-25-12-10-11-23(4)19-25)30(36)21-35(29-14-9-8-13-27(29)32)40(38,39)26-17-15-22(3)16-18-26/h8-19,24,28H,6-7,20-21H2,1-5H3,(H,33,37)/t24-,28+/m1/s1. The lowest BCUT2D eigenvalue weighted by Gasteiger charge is -2.34. The van der Waals surface area contributed by atoms with Gasteiger partial charge < -0.3 is 10.2 Å². The van der Waals surface area contributed by atoms with E-state index in [-0.39, 0.29) is 34.1 Å². The minimum absolute atomic E-state index is 0.0395. The molecular formula is C31H38ClN3O4S. The van der Waals surface area contributed by atoms with Crippen LogP contribution in [-0.2, 0) is 26.2 Å². The molecule has 2 atom stereocenters. The first-order chi connectivity index (χ1) is 19.0. The summed E-state index contributed by atoms with van der Waals surface area (Å²) in [7, 11) is -4.18. The number of para-hydroxylation sites is 1. The molecule has 0 aromatic heterocycles. The number of rotatable bonds is 12. The minimum atomic E-state index is -4.18. The summed E-state index contributed by atoms with van der Waals surface area (Å²) in [6, 6.07) is 19.8. The molecule has 9 heteroatoms. The summed E-state index contributed by atoms with van der Waals surface area (Å²) in [4.78, 5) is 29.0. The summed E-state index contributed by atoms with van der Waals surface area (Å²) in [6.45, 7) is 9.16. The Bertz CT molecular complexity index is 1430.